The Balaban J connectivity index is 2.32. The van der Waals surface area contributed by atoms with E-state index in [2.05, 4.69) is 34.0 Å². The lowest BCUT2D eigenvalue weighted by Crippen LogP contribution is -2.11. The summed E-state index contributed by atoms with van der Waals surface area (Å²) in [5.41, 5.74) is 8.63. The summed E-state index contributed by atoms with van der Waals surface area (Å²) in [6.45, 7) is 5.02. The van der Waals surface area contributed by atoms with Crippen molar-refractivity contribution in [2.45, 2.75) is 13.8 Å². The van der Waals surface area contributed by atoms with E-state index in [1.165, 1.54) is 5.56 Å². The molecule has 18 heavy (non-hydrogen) atoms. The fourth-order valence-electron chi connectivity index (χ4n) is 1.66. The Morgan fingerprint density at radius 2 is 2.11 bits per heavy atom. The van der Waals surface area contributed by atoms with Gasteiger partial charge in [-0.1, -0.05) is 22.0 Å². The standard InChI is InChI=1S/C13H16BrN3O/c1-9-3-4-11(8-12(9)14)17-10(2)7-13(16-17)18-6-5-15/h3-4,7-8H,5-6,15H2,1-2H3. The Kier molecular flexibility index (Phi) is 4.04. The van der Waals surface area contributed by atoms with Gasteiger partial charge in [-0.25, -0.2) is 4.68 Å². The monoisotopic (exact) mass is 309 g/mol. The van der Waals surface area contributed by atoms with Crippen LogP contribution in [0, 0.1) is 13.8 Å². The van der Waals surface area contributed by atoms with Gasteiger partial charge < -0.3 is 10.5 Å². The van der Waals surface area contributed by atoms with Gasteiger partial charge in [0, 0.05) is 22.8 Å². The van der Waals surface area contributed by atoms with Crippen LogP contribution in [0.3, 0.4) is 0 Å². The molecule has 96 valence electrons. The number of halogens is 1. The summed E-state index contributed by atoms with van der Waals surface area (Å²) in [5.74, 6) is 0.606. The number of rotatable bonds is 4. The minimum Gasteiger partial charge on any atom is -0.475 e. The third-order valence-electron chi connectivity index (χ3n) is 2.63. The Morgan fingerprint density at radius 3 is 2.78 bits per heavy atom. The first-order chi connectivity index (χ1) is 8.61. The average Bonchev–Trinajstić information content (AvgIpc) is 2.71. The van der Waals surface area contributed by atoms with Crippen LogP contribution in [-0.4, -0.2) is 22.9 Å². The molecule has 0 radical (unpaired) electrons. The SMILES string of the molecule is Cc1ccc(-n2nc(OCCN)cc2C)cc1Br. The fraction of sp³-hybridized carbons (Fsp3) is 0.308. The molecular weight excluding hydrogens is 294 g/mol. The molecule has 1 aromatic heterocycles. The zero-order valence-electron chi connectivity index (χ0n) is 10.5. The Labute approximate surface area is 115 Å². The lowest BCUT2D eigenvalue weighted by Gasteiger charge is -2.06. The number of hydrogen-bond donors (Lipinski definition) is 1. The van der Waals surface area contributed by atoms with Crippen LogP contribution < -0.4 is 10.5 Å². The zero-order valence-corrected chi connectivity index (χ0v) is 12.1. The molecule has 1 heterocycles. The second-order valence-corrected chi connectivity index (χ2v) is 4.96. The number of aromatic nitrogens is 2. The number of benzene rings is 1. The predicted octanol–water partition coefficient (Wildman–Crippen LogP) is 2.59. The smallest absolute Gasteiger partial charge is 0.233 e. The van der Waals surface area contributed by atoms with Crippen molar-refractivity contribution in [3.63, 3.8) is 0 Å². The molecule has 0 bridgehead atoms. The highest BCUT2D eigenvalue weighted by atomic mass is 79.9. The van der Waals surface area contributed by atoms with E-state index < -0.39 is 0 Å². The van der Waals surface area contributed by atoms with Crippen LogP contribution >= 0.6 is 15.9 Å². The predicted molar refractivity (Wildman–Crippen MR) is 75.3 cm³/mol. The van der Waals surface area contributed by atoms with E-state index in [1.807, 2.05) is 29.8 Å². The number of aryl methyl sites for hydroxylation is 2. The molecule has 2 aromatic rings. The zero-order chi connectivity index (χ0) is 13.1. The molecule has 1 aromatic carbocycles. The third kappa shape index (κ3) is 2.73. The summed E-state index contributed by atoms with van der Waals surface area (Å²) >= 11 is 3.53. The van der Waals surface area contributed by atoms with Crippen molar-refractivity contribution in [2.75, 3.05) is 13.2 Å². The molecule has 0 saturated heterocycles. The van der Waals surface area contributed by atoms with Crippen LogP contribution in [0.15, 0.2) is 28.7 Å². The Bertz CT molecular complexity index is 551. The maximum atomic E-state index is 5.42. The molecule has 2 N–H and O–H groups in total. The summed E-state index contributed by atoms with van der Waals surface area (Å²) < 4.78 is 8.35. The van der Waals surface area contributed by atoms with E-state index in [0.29, 0.717) is 19.0 Å². The van der Waals surface area contributed by atoms with Gasteiger partial charge in [0.05, 0.1) is 5.69 Å². The molecule has 0 fully saturated rings. The molecule has 0 spiro atoms. The van der Waals surface area contributed by atoms with E-state index in [1.54, 1.807) is 0 Å². The van der Waals surface area contributed by atoms with Crippen LogP contribution in [0.2, 0.25) is 0 Å². The van der Waals surface area contributed by atoms with Crippen molar-refractivity contribution in [1.29, 1.82) is 0 Å². The molecule has 0 aliphatic carbocycles. The fourth-order valence-corrected chi connectivity index (χ4v) is 2.02. The Hall–Kier alpha value is -1.33. The van der Waals surface area contributed by atoms with E-state index in [9.17, 15) is 0 Å². The van der Waals surface area contributed by atoms with Crippen LogP contribution in [-0.2, 0) is 0 Å². The summed E-state index contributed by atoms with van der Waals surface area (Å²) in [6, 6.07) is 8.04. The van der Waals surface area contributed by atoms with Gasteiger partial charge in [0.15, 0.2) is 0 Å². The van der Waals surface area contributed by atoms with Gasteiger partial charge in [0.2, 0.25) is 5.88 Å². The van der Waals surface area contributed by atoms with Gasteiger partial charge in [-0.2, -0.15) is 0 Å². The quantitative estimate of drug-likeness (QED) is 0.944. The van der Waals surface area contributed by atoms with Crippen LogP contribution in [0.25, 0.3) is 5.69 Å². The molecule has 4 nitrogen and oxygen atoms in total. The van der Waals surface area contributed by atoms with Crippen molar-refractivity contribution in [2.24, 2.45) is 5.73 Å². The molecule has 0 amide bonds. The average molecular weight is 310 g/mol. The molecule has 5 heteroatoms. The lowest BCUT2D eigenvalue weighted by molar-refractivity contribution is 0.313. The molecule has 0 aliphatic heterocycles. The first kappa shape index (κ1) is 13.1. The van der Waals surface area contributed by atoms with Crippen molar-refractivity contribution in [3.8, 4) is 11.6 Å². The van der Waals surface area contributed by atoms with Crippen molar-refractivity contribution >= 4 is 15.9 Å². The molecule has 2 rings (SSSR count). The van der Waals surface area contributed by atoms with E-state index in [-0.39, 0.29) is 0 Å². The normalized spacial score (nSPS) is 10.7. The third-order valence-corrected chi connectivity index (χ3v) is 3.49. The molecular formula is C13H16BrN3O. The number of nitrogens with two attached hydrogens (primary N) is 1. The number of nitrogens with zero attached hydrogens (tertiary/aromatic N) is 2. The molecule has 0 saturated carbocycles. The van der Waals surface area contributed by atoms with E-state index in [4.69, 9.17) is 10.5 Å². The summed E-state index contributed by atoms with van der Waals surface area (Å²) in [5, 5.41) is 4.41. The maximum Gasteiger partial charge on any atom is 0.233 e. The molecule has 0 atom stereocenters. The van der Waals surface area contributed by atoms with Crippen molar-refractivity contribution in [3.05, 3.63) is 40.0 Å². The summed E-state index contributed by atoms with van der Waals surface area (Å²) in [6.07, 6.45) is 0. The summed E-state index contributed by atoms with van der Waals surface area (Å²) in [4.78, 5) is 0. The molecule has 0 unspecified atom stereocenters. The van der Waals surface area contributed by atoms with Gasteiger partial charge in [-0.05, 0) is 31.5 Å². The first-order valence-corrected chi connectivity index (χ1v) is 6.57. The highest BCUT2D eigenvalue weighted by molar-refractivity contribution is 9.10. The largest absolute Gasteiger partial charge is 0.475 e. The number of hydrogen-bond acceptors (Lipinski definition) is 3. The highest BCUT2D eigenvalue weighted by Crippen LogP contribution is 2.22. The van der Waals surface area contributed by atoms with Crippen LogP contribution in [0.4, 0.5) is 0 Å². The van der Waals surface area contributed by atoms with Crippen molar-refractivity contribution in [1.82, 2.24) is 9.78 Å². The second-order valence-electron chi connectivity index (χ2n) is 4.11. The summed E-state index contributed by atoms with van der Waals surface area (Å²) in [7, 11) is 0. The second kappa shape index (κ2) is 5.54. The number of ether oxygens (including phenoxy) is 1. The van der Waals surface area contributed by atoms with Crippen molar-refractivity contribution < 1.29 is 4.74 Å². The van der Waals surface area contributed by atoms with Crippen LogP contribution in [0.5, 0.6) is 5.88 Å². The molecule has 0 aliphatic rings. The maximum absolute atomic E-state index is 5.42. The van der Waals surface area contributed by atoms with Gasteiger partial charge >= 0.3 is 0 Å². The topological polar surface area (TPSA) is 53.1 Å². The van der Waals surface area contributed by atoms with Crippen LogP contribution in [0.1, 0.15) is 11.3 Å². The minimum absolute atomic E-state index is 0.480. The first-order valence-electron chi connectivity index (χ1n) is 5.78. The van der Waals surface area contributed by atoms with E-state index in [0.717, 1.165) is 15.9 Å². The Morgan fingerprint density at radius 1 is 1.33 bits per heavy atom. The minimum atomic E-state index is 0.480. The van der Waals surface area contributed by atoms with Gasteiger partial charge in [0.25, 0.3) is 0 Å². The van der Waals surface area contributed by atoms with Gasteiger partial charge in [-0.3, -0.25) is 0 Å². The van der Waals surface area contributed by atoms with Gasteiger partial charge in [-0.15, -0.1) is 5.10 Å². The van der Waals surface area contributed by atoms with Gasteiger partial charge in [0.1, 0.15) is 6.61 Å². The lowest BCUT2D eigenvalue weighted by atomic mass is 10.2. The highest BCUT2D eigenvalue weighted by Gasteiger charge is 2.08. The van der Waals surface area contributed by atoms with E-state index >= 15 is 0 Å².